The lowest BCUT2D eigenvalue weighted by molar-refractivity contribution is 0.105. The zero-order valence-electron chi connectivity index (χ0n) is 10.4. The minimum absolute atomic E-state index is 0.153. The van der Waals surface area contributed by atoms with Crippen LogP contribution in [0.5, 0.6) is 5.75 Å². The summed E-state index contributed by atoms with van der Waals surface area (Å²) in [6.07, 6.45) is 0.334. The number of para-hydroxylation sites is 2. The molecule has 1 aromatic rings. The van der Waals surface area contributed by atoms with Crippen molar-refractivity contribution in [2.24, 2.45) is 0 Å². The fourth-order valence-corrected chi connectivity index (χ4v) is 1.31. The molecule has 0 aliphatic heterocycles. The van der Waals surface area contributed by atoms with Crippen LogP contribution in [0, 0.1) is 0 Å². The van der Waals surface area contributed by atoms with Crippen molar-refractivity contribution in [3.8, 4) is 5.75 Å². The number of benzene rings is 1. The van der Waals surface area contributed by atoms with Crippen molar-refractivity contribution < 1.29 is 14.9 Å². The smallest absolute Gasteiger partial charge is 0.142 e. The first-order valence-corrected chi connectivity index (χ1v) is 5.95. The number of ether oxygens (including phenoxy) is 1. The van der Waals surface area contributed by atoms with Crippen LogP contribution in [0.2, 0.25) is 0 Å². The van der Waals surface area contributed by atoms with Gasteiger partial charge in [0.15, 0.2) is 0 Å². The van der Waals surface area contributed by atoms with Crippen LogP contribution in [0.1, 0.15) is 20.3 Å². The predicted molar refractivity (Wildman–Crippen MR) is 68.4 cm³/mol. The molecule has 4 nitrogen and oxygen atoms in total. The average molecular weight is 239 g/mol. The van der Waals surface area contributed by atoms with Gasteiger partial charge in [-0.25, -0.2) is 0 Å². The van der Waals surface area contributed by atoms with Gasteiger partial charge in [-0.3, -0.25) is 0 Å². The van der Waals surface area contributed by atoms with Gasteiger partial charge < -0.3 is 20.3 Å². The van der Waals surface area contributed by atoms with Crippen molar-refractivity contribution in [1.29, 1.82) is 0 Å². The van der Waals surface area contributed by atoms with E-state index in [2.05, 4.69) is 12.2 Å². The number of anilines is 1. The highest BCUT2D eigenvalue weighted by Gasteiger charge is 2.08. The maximum Gasteiger partial charge on any atom is 0.142 e. The summed E-state index contributed by atoms with van der Waals surface area (Å²) >= 11 is 0. The van der Waals surface area contributed by atoms with Crippen LogP contribution in [0.3, 0.4) is 0 Å². The Bertz CT molecular complexity index is 330. The molecule has 0 radical (unpaired) electrons. The lowest BCUT2D eigenvalue weighted by atomic mass is 10.2. The summed E-state index contributed by atoms with van der Waals surface area (Å²) in [4.78, 5) is 0. The fraction of sp³-hybridized carbons (Fsp3) is 0.538. The van der Waals surface area contributed by atoms with Gasteiger partial charge in [0.25, 0.3) is 0 Å². The van der Waals surface area contributed by atoms with E-state index in [-0.39, 0.29) is 12.7 Å². The third-order valence-corrected chi connectivity index (χ3v) is 2.53. The van der Waals surface area contributed by atoms with Crippen LogP contribution < -0.4 is 10.1 Å². The normalized spacial score (nSPS) is 14.1. The number of aliphatic hydroxyl groups is 2. The minimum Gasteiger partial charge on any atom is -0.489 e. The molecule has 0 aliphatic carbocycles. The van der Waals surface area contributed by atoms with Crippen molar-refractivity contribution >= 4 is 5.69 Å². The highest BCUT2D eigenvalue weighted by Crippen LogP contribution is 2.25. The minimum atomic E-state index is -0.758. The second-order valence-electron chi connectivity index (χ2n) is 4.05. The van der Waals surface area contributed by atoms with Gasteiger partial charge in [-0.15, -0.1) is 0 Å². The average Bonchev–Trinajstić information content (AvgIpc) is 2.37. The number of aliphatic hydroxyl groups excluding tert-OH is 2. The summed E-state index contributed by atoms with van der Waals surface area (Å²) in [5, 5.41) is 21.1. The van der Waals surface area contributed by atoms with E-state index >= 15 is 0 Å². The van der Waals surface area contributed by atoms with E-state index in [4.69, 9.17) is 9.84 Å². The molecule has 3 N–H and O–H groups in total. The van der Waals surface area contributed by atoms with Crippen LogP contribution in [-0.2, 0) is 0 Å². The highest BCUT2D eigenvalue weighted by atomic mass is 16.5. The van der Waals surface area contributed by atoms with Crippen molar-refractivity contribution in [3.05, 3.63) is 24.3 Å². The van der Waals surface area contributed by atoms with Crippen molar-refractivity contribution in [3.63, 3.8) is 0 Å². The molecule has 1 aromatic carbocycles. The molecular formula is C13H21NO3. The van der Waals surface area contributed by atoms with Gasteiger partial charge in [-0.05, 0) is 25.5 Å². The summed E-state index contributed by atoms with van der Waals surface area (Å²) in [6, 6.07) is 7.59. The number of nitrogens with one attached hydrogen (secondary N) is 1. The second kappa shape index (κ2) is 7.14. The third-order valence-electron chi connectivity index (χ3n) is 2.53. The summed E-state index contributed by atoms with van der Waals surface area (Å²) in [6.45, 7) is 4.13. The van der Waals surface area contributed by atoms with E-state index in [1.54, 1.807) is 0 Å². The Balaban J connectivity index is 2.64. The van der Waals surface area contributed by atoms with E-state index in [1.165, 1.54) is 0 Å². The number of rotatable bonds is 7. The monoisotopic (exact) mass is 239 g/mol. The first-order chi connectivity index (χ1) is 8.17. The standard InChI is InChI=1S/C13H21NO3/c1-3-10(2)17-13-7-5-4-6-12(13)14-8-11(16)9-15/h4-7,10-11,14-16H,3,8-9H2,1-2H3. The molecule has 17 heavy (non-hydrogen) atoms. The van der Waals surface area contributed by atoms with E-state index in [9.17, 15) is 5.11 Å². The Morgan fingerprint density at radius 1 is 1.35 bits per heavy atom. The first kappa shape index (κ1) is 13.8. The van der Waals surface area contributed by atoms with Crippen LogP contribution in [0.25, 0.3) is 0 Å². The van der Waals surface area contributed by atoms with Crippen LogP contribution in [0.4, 0.5) is 5.69 Å². The van der Waals surface area contributed by atoms with Gasteiger partial charge in [-0.1, -0.05) is 19.1 Å². The number of hydrogen-bond donors (Lipinski definition) is 3. The molecule has 0 aromatic heterocycles. The van der Waals surface area contributed by atoms with E-state index in [1.807, 2.05) is 31.2 Å². The summed E-state index contributed by atoms with van der Waals surface area (Å²) in [7, 11) is 0. The van der Waals surface area contributed by atoms with Crippen LogP contribution >= 0.6 is 0 Å². The molecule has 0 saturated carbocycles. The van der Waals surface area contributed by atoms with Gasteiger partial charge in [0.1, 0.15) is 5.75 Å². The molecule has 1 rings (SSSR count). The molecule has 0 saturated heterocycles. The quantitative estimate of drug-likeness (QED) is 0.677. The van der Waals surface area contributed by atoms with E-state index in [0.717, 1.165) is 17.9 Å². The van der Waals surface area contributed by atoms with Crippen molar-refractivity contribution in [2.45, 2.75) is 32.5 Å². The van der Waals surface area contributed by atoms with E-state index in [0.29, 0.717) is 6.54 Å². The van der Waals surface area contributed by atoms with Gasteiger partial charge in [0.05, 0.1) is 24.5 Å². The zero-order valence-corrected chi connectivity index (χ0v) is 10.4. The SMILES string of the molecule is CCC(C)Oc1ccccc1NCC(O)CO. The predicted octanol–water partition coefficient (Wildman–Crippen LogP) is 1.63. The molecule has 2 atom stereocenters. The molecular weight excluding hydrogens is 218 g/mol. The third kappa shape index (κ3) is 4.63. The summed E-state index contributed by atoms with van der Waals surface area (Å²) < 4.78 is 5.75. The Kier molecular flexibility index (Phi) is 5.80. The molecule has 4 heteroatoms. The largest absolute Gasteiger partial charge is 0.489 e. The molecule has 0 heterocycles. The maximum absolute atomic E-state index is 9.28. The lowest BCUT2D eigenvalue weighted by Gasteiger charge is -2.17. The summed E-state index contributed by atoms with van der Waals surface area (Å²) in [5.74, 6) is 0.770. The fourth-order valence-electron chi connectivity index (χ4n) is 1.31. The number of hydrogen-bond acceptors (Lipinski definition) is 4. The van der Waals surface area contributed by atoms with Crippen LogP contribution in [0.15, 0.2) is 24.3 Å². The Morgan fingerprint density at radius 3 is 2.71 bits per heavy atom. The Labute approximate surface area is 102 Å². The molecule has 0 amide bonds. The van der Waals surface area contributed by atoms with E-state index < -0.39 is 6.10 Å². The van der Waals surface area contributed by atoms with Gasteiger partial charge in [0.2, 0.25) is 0 Å². The molecule has 96 valence electrons. The molecule has 0 bridgehead atoms. The molecule has 0 spiro atoms. The van der Waals surface area contributed by atoms with Gasteiger partial charge in [-0.2, -0.15) is 0 Å². The summed E-state index contributed by atoms with van der Waals surface area (Å²) in [5.41, 5.74) is 0.834. The Hall–Kier alpha value is -1.26. The first-order valence-electron chi connectivity index (χ1n) is 5.95. The Morgan fingerprint density at radius 2 is 2.06 bits per heavy atom. The lowest BCUT2D eigenvalue weighted by Crippen LogP contribution is -2.23. The maximum atomic E-state index is 9.28. The van der Waals surface area contributed by atoms with Gasteiger partial charge in [0, 0.05) is 6.54 Å². The van der Waals surface area contributed by atoms with Crippen molar-refractivity contribution in [2.75, 3.05) is 18.5 Å². The van der Waals surface area contributed by atoms with Crippen molar-refractivity contribution in [1.82, 2.24) is 0 Å². The molecule has 2 unspecified atom stereocenters. The second-order valence-corrected chi connectivity index (χ2v) is 4.05. The van der Waals surface area contributed by atoms with Gasteiger partial charge >= 0.3 is 0 Å². The highest BCUT2D eigenvalue weighted by molar-refractivity contribution is 5.56. The topological polar surface area (TPSA) is 61.7 Å². The zero-order chi connectivity index (χ0) is 12.7. The molecule has 0 aliphatic rings. The molecule has 0 fully saturated rings. The van der Waals surface area contributed by atoms with Crippen LogP contribution in [-0.4, -0.2) is 35.6 Å².